The van der Waals surface area contributed by atoms with Gasteiger partial charge >= 0.3 is 0 Å². The maximum Gasteiger partial charge on any atom is 0.219 e. The number of nitrogens with zero attached hydrogens (tertiary/aromatic N) is 5. The van der Waals surface area contributed by atoms with Crippen LogP contribution in [0, 0.1) is 5.92 Å². The number of aromatic amines is 1. The molecule has 8 nitrogen and oxygen atoms in total. The summed E-state index contributed by atoms with van der Waals surface area (Å²) >= 11 is 0. The van der Waals surface area contributed by atoms with Gasteiger partial charge in [-0.05, 0) is 57.1 Å². The number of fused-ring (bicyclic) bond motifs is 2. The predicted molar refractivity (Wildman–Crippen MR) is 138 cm³/mol. The summed E-state index contributed by atoms with van der Waals surface area (Å²) < 4.78 is 5.94. The number of pyridine rings is 1. The van der Waals surface area contributed by atoms with Gasteiger partial charge in [-0.15, -0.1) is 0 Å². The van der Waals surface area contributed by atoms with E-state index >= 15 is 0 Å². The highest BCUT2D eigenvalue weighted by Gasteiger charge is 2.30. The van der Waals surface area contributed by atoms with Crippen LogP contribution < -0.4 is 10.1 Å². The monoisotopic (exact) mass is 465 g/mol. The lowest BCUT2D eigenvalue weighted by molar-refractivity contribution is 0.212. The lowest BCUT2D eigenvalue weighted by atomic mass is 9.80. The average molecular weight is 466 g/mol. The van der Waals surface area contributed by atoms with Crippen LogP contribution in [-0.4, -0.2) is 56.7 Å². The van der Waals surface area contributed by atoms with E-state index < -0.39 is 0 Å². The smallest absolute Gasteiger partial charge is 0.219 e. The Hall–Kier alpha value is -4.04. The topological polar surface area (TPSA) is 91.8 Å². The molecular weight excluding hydrogens is 438 g/mol. The van der Waals surface area contributed by atoms with E-state index in [9.17, 15) is 0 Å². The maximum absolute atomic E-state index is 5.94. The maximum atomic E-state index is 5.94. The minimum Gasteiger partial charge on any atom is -0.439 e. The molecule has 0 atom stereocenters. The number of ether oxygens (including phenoxy) is 1. The summed E-state index contributed by atoms with van der Waals surface area (Å²) in [7, 11) is 4.25. The van der Waals surface area contributed by atoms with E-state index in [0.29, 0.717) is 11.9 Å². The van der Waals surface area contributed by atoms with Crippen molar-refractivity contribution < 1.29 is 4.74 Å². The number of para-hydroxylation sites is 1. The molecule has 3 aromatic heterocycles. The summed E-state index contributed by atoms with van der Waals surface area (Å²) in [5.41, 5.74) is 3.32. The van der Waals surface area contributed by atoms with Gasteiger partial charge in [-0.3, -0.25) is 5.10 Å². The van der Waals surface area contributed by atoms with Gasteiger partial charge in [0, 0.05) is 29.6 Å². The Bertz CT molecular complexity index is 1480. The molecule has 0 unspecified atom stereocenters. The van der Waals surface area contributed by atoms with Crippen LogP contribution in [0.4, 0.5) is 5.82 Å². The molecule has 0 amide bonds. The van der Waals surface area contributed by atoms with Gasteiger partial charge in [0.15, 0.2) is 5.65 Å². The van der Waals surface area contributed by atoms with E-state index in [1.54, 1.807) is 6.33 Å². The third kappa shape index (κ3) is 4.40. The van der Waals surface area contributed by atoms with Crippen LogP contribution in [-0.2, 0) is 0 Å². The van der Waals surface area contributed by atoms with Gasteiger partial charge in [0.2, 0.25) is 5.88 Å². The number of aromatic nitrogens is 5. The first kappa shape index (κ1) is 21.5. The number of rotatable bonds is 7. The van der Waals surface area contributed by atoms with Crippen molar-refractivity contribution in [2.75, 3.05) is 26.0 Å². The lowest BCUT2D eigenvalue weighted by Crippen LogP contribution is -2.40. The molecule has 6 rings (SSSR count). The lowest BCUT2D eigenvalue weighted by Gasteiger charge is -2.37. The van der Waals surface area contributed by atoms with Gasteiger partial charge < -0.3 is 15.0 Å². The molecule has 0 aliphatic heterocycles. The fourth-order valence-corrected chi connectivity index (χ4v) is 4.80. The van der Waals surface area contributed by atoms with E-state index in [1.165, 1.54) is 0 Å². The van der Waals surface area contributed by atoms with Crippen LogP contribution in [0.1, 0.15) is 12.8 Å². The Morgan fingerprint density at radius 3 is 2.69 bits per heavy atom. The Balaban J connectivity index is 1.30. The van der Waals surface area contributed by atoms with E-state index in [2.05, 4.69) is 56.6 Å². The number of hydrogen-bond acceptors (Lipinski definition) is 7. The molecule has 1 aliphatic rings. The van der Waals surface area contributed by atoms with E-state index in [-0.39, 0.29) is 0 Å². The van der Waals surface area contributed by atoms with Crippen molar-refractivity contribution in [3.63, 3.8) is 0 Å². The molecular formula is C27H27N7O. The Labute approximate surface area is 203 Å². The second-order valence-corrected chi connectivity index (χ2v) is 9.43. The summed E-state index contributed by atoms with van der Waals surface area (Å²) in [6.07, 6.45) is 3.86. The molecule has 2 N–H and O–H groups in total. The van der Waals surface area contributed by atoms with E-state index in [0.717, 1.165) is 70.1 Å². The van der Waals surface area contributed by atoms with Crippen LogP contribution in [0.3, 0.4) is 0 Å². The molecule has 35 heavy (non-hydrogen) atoms. The molecule has 176 valence electrons. The summed E-state index contributed by atoms with van der Waals surface area (Å²) in [5, 5.41) is 13.2. The van der Waals surface area contributed by atoms with Crippen molar-refractivity contribution in [3.05, 3.63) is 67.0 Å². The fourth-order valence-electron chi connectivity index (χ4n) is 4.80. The van der Waals surface area contributed by atoms with Crippen molar-refractivity contribution in [1.82, 2.24) is 30.0 Å². The van der Waals surface area contributed by atoms with Crippen molar-refractivity contribution in [2.45, 2.75) is 18.9 Å². The highest BCUT2D eigenvalue weighted by atomic mass is 16.5. The Morgan fingerprint density at radius 2 is 1.86 bits per heavy atom. The van der Waals surface area contributed by atoms with Crippen LogP contribution in [0.2, 0.25) is 0 Å². The normalized spacial score (nSPS) is 17.6. The zero-order chi connectivity index (χ0) is 23.8. The summed E-state index contributed by atoms with van der Waals surface area (Å²) in [5.74, 6) is 2.85. The third-order valence-corrected chi connectivity index (χ3v) is 6.46. The Morgan fingerprint density at radius 1 is 1.03 bits per heavy atom. The number of hydrogen-bond donors (Lipinski definition) is 2. The van der Waals surface area contributed by atoms with Crippen LogP contribution in [0.15, 0.2) is 67.0 Å². The minimum atomic E-state index is 0.414. The van der Waals surface area contributed by atoms with Crippen LogP contribution in [0.5, 0.6) is 11.6 Å². The van der Waals surface area contributed by atoms with Crippen molar-refractivity contribution in [2.24, 2.45) is 5.92 Å². The molecule has 8 heteroatoms. The van der Waals surface area contributed by atoms with Crippen molar-refractivity contribution >= 4 is 27.8 Å². The Kier molecular flexibility index (Phi) is 5.50. The van der Waals surface area contributed by atoms with E-state index in [4.69, 9.17) is 9.72 Å². The number of anilines is 1. The van der Waals surface area contributed by atoms with Gasteiger partial charge in [-0.2, -0.15) is 5.10 Å². The molecule has 1 aliphatic carbocycles. The molecule has 0 bridgehead atoms. The first-order chi connectivity index (χ1) is 17.1. The van der Waals surface area contributed by atoms with Gasteiger partial charge in [0.1, 0.15) is 23.6 Å². The van der Waals surface area contributed by atoms with Crippen LogP contribution >= 0.6 is 0 Å². The summed E-state index contributed by atoms with van der Waals surface area (Å²) in [6, 6.07) is 20.1. The molecule has 3 heterocycles. The zero-order valence-corrected chi connectivity index (χ0v) is 19.8. The standard InChI is InChI=1S/C27H27N7O/c1-34(2)15-17-12-20(13-17)30-26-24-25(32-33-27(24)29-16-28-26)19-9-8-18-10-11-23(31-22(18)14-19)35-21-6-4-3-5-7-21/h3-11,14,16-17,20H,12-13,15H2,1-2H3,(H2,28,29,30,32,33). The number of H-pyrrole nitrogens is 1. The minimum absolute atomic E-state index is 0.414. The quantitative estimate of drug-likeness (QED) is 0.345. The number of benzene rings is 2. The second kappa shape index (κ2) is 8.96. The van der Waals surface area contributed by atoms with Crippen molar-refractivity contribution in [1.29, 1.82) is 0 Å². The first-order valence-corrected chi connectivity index (χ1v) is 11.9. The molecule has 0 spiro atoms. The highest BCUT2D eigenvalue weighted by Crippen LogP contribution is 2.35. The molecule has 0 saturated heterocycles. The van der Waals surface area contributed by atoms with Crippen molar-refractivity contribution in [3.8, 4) is 22.9 Å². The summed E-state index contributed by atoms with van der Waals surface area (Å²) in [6.45, 7) is 1.12. The largest absolute Gasteiger partial charge is 0.439 e. The van der Waals surface area contributed by atoms with Crippen LogP contribution in [0.25, 0.3) is 33.2 Å². The molecule has 5 aromatic rings. The second-order valence-electron chi connectivity index (χ2n) is 9.43. The van der Waals surface area contributed by atoms with E-state index in [1.807, 2.05) is 48.5 Å². The molecule has 0 radical (unpaired) electrons. The highest BCUT2D eigenvalue weighted by molar-refractivity contribution is 6.00. The van der Waals surface area contributed by atoms with Gasteiger partial charge in [0.25, 0.3) is 0 Å². The molecule has 1 fully saturated rings. The zero-order valence-electron chi connectivity index (χ0n) is 19.8. The van der Waals surface area contributed by atoms with Gasteiger partial charge in [-0.1, -0.05) is 30.3 Å². The molecule has 2 aromatic carbocycles. The fraction of sp³-hybridized carbons (Fsp3) is 0.259. The molecule has 1 saturated carbocycles. The SMILES string of the molecule is CN(C)CC1CC(Nc2ncnc3[nH]nc(-c4ccc5ccc(Oc6ccccc6)nc5c4)c23)C1. The number of nitrogens with one attached hydrogen (secondary N) is 2. The first-order valence-electron chi connectivity index (χ1n) is 11.9. The van der Waals surface area contributed by atoms with Gasteiger partial charge in [-0.25, -0.2) is 15.0 Å². The third-order valence-electron chi connectivity index (χ3n) is 6.46. The van der Waals surface area contributed by atoms with Gasteiger partial charge in [0.05, 0.1) is 10.9 Å². The summed E-state index contributed by atoms with van der Waals surface area (Å²) in [4.78, 5) is 16.0. The average Bonchev–Trinajstić information content (AvgIpc) is 3.28. The predicted octanol–water partition coefficient (Wildman–Crippen LogP) is 5.11.